The number of aromatic carboxylic acids is 1. The molecule has 0 saturated carbocycles. The topological polar surface area (TPSA) is 81.7 Å². The number of rotatable bonds is 6. The van der Waals surface area contributed by atoms with Gasteiger partial charge in [0.2, 0.25) is 0 Å². The summed E-state index contributed by atoms with van der Waals surface area (Å²) in [7, 11) is 1.98. The Morgan fingerprint density at radius 2 is 2.05 bits per heavy atom. The molecule has 0 saturated heterocycles. The van der Waals surface area contributed by atoms with E-state index in [1.807, 2.05) is 14.0 Å². The molecule has 3 N–H and O–H groups in total. The quantitative estimate of drug-likeness (QED) is 0.741. The van der Waals surface area contributed by atoms with E-state index in [-0.39, 0.29) is 11.6 Å². The Kier molecular flexibility index (Phi) is 5.99. The van der Waals surface area contributed by atoms with Crippen molar-refractivity contribution in [3.63, 3.8) is 0 Å². The van der Waals surface area contributed by atoms with Gasteiger partial charge in [0.25, 0.3) is 0 Å². The van der Waals surface area contributed by atoms with Gasteiger partial charge < -0.3 is 20.6 Å². The van der Waals surface area contributed by atoms with E-state index in [9.17, 15) is 9.59 Å². The summed E-state index contributed by atoms with van der Waals surface area (Å²) in [5, 5.41) is 14.3. The Hall–Kier alpha value is -2.08. The number of amides is 2. The van der Waals surface area contributed by atoms with Crippen molar-refractivity contribution in [3.05, 3.63) is 29.3 Å². The number of benzene rings is 1. The molecule has 0 fully saturated rings. The molecule has 6 heteroatoms. The zero-order valence-corrected chi connectivity index (χ0v) is 12.1. The number of nitrogens with one attached hydrogen (secondary N) is 2. The van der Waals surface area contributed by atoms with Crippen molar-refractivity contribution >= 4 is 17.7 Å². The van der Waals surface area contributed by atoms with E-state index in [0.717, 1.165) is 13.1 Å². The zero-order valence-electron chi connectivity index (χ0n) is 12.1. The molecule has 0 bridgehead atoms. The average molecular weight is 279 g/mol. The van der Waals surface area contributed by atoms with E-state index in [1.165, 1.54) is 6.07 Å². The Bertz CT molecular complexity index is 489. The van der Waals surface area contributed by atoms with Gasteiger partial charge >= 0.3 is 12.0 Å². The molecule has 1 aromatic carbocycles. The molecule has 0 radical (unpaired) electrons. The summed E-state index contributed by atoms with van der Waals surface area (Å²) in [6.07, 6.45) is 0. The van der Waals surface area contributed by atoms with Crippen LogP contribution in [0.15, 0.2) is 18.2 Å². The molecule has 0 atom stereocenters. The van der Waals surface area contributed by atoms with Crippen LogP contribution in [0, 0.1) is 6.92 Å². The first-order valence-electron chi connectivity index (χ1n) is 6.51. The number of carboxylic acids is 1. The SMILES string of the molecule is CCN(C)CCNC(=O)Nc1ccc(C(=O)O)c(C)c1. The highest BCUT2D eigenvalue weighted by atomic mass is 16.4. The summed E-state index contributed by atoms with van der Waals surface area (Å²) in [5.74, 6) is -0.971. The number of hydrogen-bond donors (Lipinski definition) is 3. The van der Waals surface area contributed by atoms with Gasteiger partial charge in [0.15, 0.2) is 0 Å². The largest absolute Gasteiger partial charge is 0.478 e. The van der Waals surface area contributed by atoms with Crippen molar-refractivity contribution in [2.75, 3.05) is 32.0 Å². The zero-order chi connectivity index (χ0) is 15.1. The third-order valence-electron chi connectivity index (χ3n) is 3.03. The number of carbonyl (C=O) groups excluding carboxylic acids is 1. The molecule has 0 heterocycles. The van der Waals surface area contributed by atoms with Crippen LogP contribution >= 0.6 is 0 Å². The van der Waals surface area contributed by atoms with Gasteiger partial charge in [-0.1, -0.05) is 6.92 Å². The smallest absolute Gasteiger partial charge is 0.335 e. The van der Waals surface area contributed by atoms with E-state index in [0.29, 0.717) is 17.8 Å². The van der Waals surface area contributed by atoms with Crippen molar-refractivity contribution in [1.29, 1.82) is 0 Å². The maximum atomic E-state index is 11.7. The summed E-state index contributed by atoms with van der Waals surface area (Å²) in [4.78, 5) is 24.6. The van der Waals surface area contributed by atoms with Gasteiger partial charge in [-0.05, 0) is 44.3 Å². The second-order valence-corrected chi connectivity index (χ2v) is 4.61. The minimum Gasteiger partial charge on any atom is -0.478 e. The molecule has 0 spiro atoms. The maximum absolute atomic E-state index is 11.7. The number of nitrogens with zero attached hydrogens (tertiary/aromatic N) is 1. The van der Waals surface area contributed by atoms with Gasteiger partial charge in [-0.3, -0.25) is 0 Å². The fourth-order valence-corrected chi connectivity index (χ4v) is 1.68. The number of carbonyl (C=O) groups is 2. The molecular formula is C14H21N3O3. The lowest BCUT2D eigenvalue weighted by atomic mass is 10.1. The Morgan fingerprint density at radius 3 is 2.60 bits per heavy atom. The molecule has 0 aliphatic carbocycles. The summed E-state index contributed by atoms with van der Waals surface area (Å²) in [5.41, 5.74) is 1.43. The molecule has 110 valence electrons. The van der Waals surface area contributed by atoms with Crippen LogP contribution in [0.5, 0.6) is 0 Å². The van der Waals surface area contributed by atoms with Crippen LogP contribution in [0.3, 0.4) is 0 Å². The number of urea groups is 1. The van der Waals surface area contributed by atoms with Crippen LogP contribution in [0.4, 0.5) is 10.5 Å². The van der Waals surface area contributed by atoms with Crippen molar-refractivity contribution in [3.8, 4) is 0 Å². The van der Waals surface area contributed by atoms with Crippen LogP contribution in [-0.2, 0) is 0 Å². The minimum absolute atomic E-state index is 0.237. The number of hydrogen-bond acceptors (Lipinski definition) is 3. The van der Waals surface area contributed by atoms with Crippen LogP contribution < -0.4 is 10.6 Å². The Labute approximate surface area is 118 Å². The summed E-state index contributed by atoms with van der Waals surface area (Å²) >= 11 is 0. The highest BCUT2D eigenvalue weighted by Gasteiger charge is 2.08. The maximum Gasteiger partial charge on any atom is 0.335 e. The number of anilines is 1. The first-order valence-corrected chi connectivity index (χ1v) is 6.51. The molecule has 0 aliphatic rings. The Balaban J connectivity index is 2.50. The predicted octanol–water partition coefficient (Wildman–Crippen LogP) is 1.77. The third-order valence-corrected chi connectivity index (χ3v) is 3.03. The van der Waals surface area contributed by atoms with Gasteiger partial charge in [-0.15, -0.1) is 0 Å². The van der Waals surface area contributed by atoms with Crippen molar-refractivity contribution in [1.82, 2.24) is 10.2 Å². The van der Waals surface area contributed by atoms with E-state index >= 15 is 0 Å². The molecule has 0 unspecified atom stereocenters. The molecular weight excluding hydrogens is 258 g/mol. The molecule has 6 nitrogen and oxygen atoms in total. The van der Waals surface area contributed by atoms with E-state index in [1.54, 1.807) is 19.1 Å². The van der Waals surface area contributed by atoms with Gasteiger partial charge in [-0.25, -0.2) is 9.59 Å². The van der Waals surface area contributed by atoms with E-state index in [2.05, 4.69) is 15.5 Å². The molecule has 1 aromatic rings. The molecule has 1 rings (SSSR count). The Morgan fingerprint density at radius 1 is 1.35 bits per heavy atom. The summed E-state index contributed by atoms with van der Waals surface area (Å²) < 4.78 is 0. The first kappa shape index (κ1) is 16.0. The number of aryl methyl sites for hydroxylation is 1. The lowest BCUT2D eigenvalue weighted by Gasteiger charge is -2.14. The second kappa shape index (κ2) is 7.49. The van der Waals surface area contributed by atoms with Gasteiger partial charge in [0.05, 0.1) is 5.56 Å². The molecule has 20 heavy (non-hydrogen) atoms. The predicted molar refractivity (Wildman–Crippen MR) is 78.3 cm³/mol. The lowest BCUT2D eigenvalue weighted by molar-refractivity contribution is 0.0696. The van der Waals surface area contributed by atoms with Crippen molar-refractivity contribution in [2.24, 2.45) is 0 Å². The summed E-state index contributed by atoms with van der Waals surface area (Å²) in [6, 6.07) is 4.41. The van der Waals surface area contributed by atoms with Gasteiger partial charge in [0.1, 0.15) is 0 Å². The van der Waals surface area contributed by atoms with Crippen molar-refractivity contribution in [2.45, 2.75) is 13.8 Å². The fraction of sp³-hybridized carbons (Fsp3) is 0.429. The van der Waals surface area contributed by atoms with Gasteiger partial charge in [0, 0.05) is 18.8 Å². The van der Waals surface area contributed by atoms with Crippen molar-refractivity contribution < 1.29 is 14.7 Å². The first-order chi connectivity index (χ1) is 9.43. The van der Waals surface area contributed by atoms with Crippen LogP contribution in [0.25, 0.3) is 0 Å². The standard InChI is InChI=1S/C14H21N3O3/c1-4-17(3)8-7-15-14(20)16-11-5-6-12(13(18)19)10(2)9-11/h5-6,9H,4,7-8H2,1-3H3,(H,18,19)(H2,15,16,20). The molecule has 2 amide bonds. The number of likely N-dealkylation sites (N-methyl/N-ethyl adjacent to an activating group) is 1. The lowest BCUT2D eigenvalue weighted by Crippen LogP contribution is -2.35. The highest BCUT2D eigenvalue weighted by molar-refractivity contribution is 5.92. The summed E-state index contributed by atoms with van der Waals surface area (Å²) in [6.45, 7) is 6.01. The van der Waals surface area contributed by atoms with Gasteiger partial charge in [-0.2, -0.15) is 0 Å². The molecule has 0 aliphatic heterocycles. The van der Waals surface area contributed by atoms with Crippen LogP contribution in [0.2, 0.25) is 0 Å². The average Bonchev–Trinajstić information content (AvgIpc) is 2.38. The molecule has 0 aromatic heterocycles. The fourth-order valence-electron chi connectivity index (χ4n) is 1.68. The normalized spacial score (nSPS) is 10.4. The van der Waals surface area contributed by atoms with Crippen LogP contribution in [0.1, 0.15) is 22.8 Å². The van der Waals surface area contributed by atoms with E-state index < -0.39 is 5.97 Å². The van der Waals surface area contributed by atoms with Crippen LogP contribution in [-0.4, -0.2) is 48.7 Å². The minimum atomic E-state index is -0.971. The van der Waals surface area contributed by atoms with E-state index in [4.69, 9.17) is 5.11 Å². The highest BCUT2D eigenvalue weighted by Crippen LogP contribution is 2.15. The second-order valence-electron chi connectivity index (χ2n) is 4.61. The third kappa shape index (κ3) is 4.89. The number of carboxylic acid groups (broad SMARTS) is 1. The monoisotopic (exact) mass is 279 g/mol.